The molecule has 1 saturated heterocycles. The third-order valence-electron chi connectivity index (χ3n) is 5.02. The number of benzene rings is 1. The number of likely N-dealkylation sites (tertiary alicyclic amines) is 1. The number of hydrogen-bond acceptors (Lipinski definition) is 6. The summed E-state index contributed by atoms with van der Waals surface area (Å²) >= 11 is 0. The summed E-state index contributed by atoms with van der Waals surface area (Å²) < 4.78 is 0.450. The number of nitrogens with zero attached hydrogens (tertiary/aromatic N) is 4. The minimum absolute atomic E-state index is 0.0885. The molecule has 3 heterocycles. The van der Waals surface area contributed by atoms with Gasteiger partial charge in [-0.25, -0.2) is 9.78 Å². The van der Waals surface area contributed by atoms with E-state index in [0.717, 1.165) is 18.4 Å². The van der Waals surface area contributed by atoms with E-state index < -0.39 is 5.69 Å². The molecular weight excluding hydrogens is 358 g/mol. The van der Waals surface area contributed by atoms with Gasteiger partial charge in [0.2, 0.25) is 5.91 Å². The van der Waals surface area contributed by atoms with Crippen LogP contribution in [0.3, 0.4) is 0 Å². The van der Waals surface area contributed by atoms with E-state index >= 15 is 0 Å². The molecule has 0 aliphatic carbocycles. The van der Waals surface area contributed by atoms with Crippen LogP contribution >= 0.6 is 0 Å². The summed E-state index contributed by atoms with van der Waals surface area (Å²) in [5.74, 6) is 0.535. The molecule has 0 unspecified atom stereocenters. The number of rotatable bonds is 4. The maximum atomic E-state index is 12.5. The smallest absolute Gasteiger partial charge is 0.384 e. The fourth-order valence-electron chi connectivity index (χ4n) is 3.50. The quantitative estimate of drug-likeness (QED) is 0.669. The summed E-state index contributed by atoms with van der Waals surface area (Å²) in [7, 11) is 0. The lowest BCUT2D eigenvalue weighted by Gasteiger charge is -2.33. The highest BCUT2D eigenvalue weighted by Crippen LogP contribution is 2.21. The van der Waals surface area contributed by atoms with Crippen LogP contribution in [-0.4, -0.2) is 49.8 Å². The molecule has 0 bridgehead atoms. The fraction of sp³-hybridized carbons (Fsp3) is 0.300. The summed E-state index contributed by atoms with van der Waals surface area (Å²) in [4.78, 5) is 34.2. The maximum Gasteiger partial charge on any atom is 0.384 e. The van der Waals surface area contributed by atoms with E-state index in [2.05, 4.69) is 15.3 Å². The molecule has 4 rings (SSSR count). The number of aromatic nitrogens is 3. The van der Waals surface area contributed by atoms with E-state index in [4.69, 9.17) is 0 Å². The van der Waals surface area contributed by atoms with E-state index in [-0.39, 0.29) is 17.6 Å². The first-order valence-electron chi connectivity index (χ1n) is 9.27. The van der Waals surface area contributed by atoms with Gasteiger partial charge in [-0.1, -0.05) is 30.3 Å². The number of carbonyl (C=O) groups is 1. The zero-order chi connectivity index (χ0) is 19.5. The Morgan fingerprint density at radius 1 is 1.14 bits per heavy atom. The van der Waals surface area contributed by atoms with Gasteiger partial charge >= 0.3 is 5.69 Å². The first kappa shape index (κ1) is 18.0. The number of fused-ring (bicyclic) bond motifs is 1. The molecule has 1 amide bonds. The molecule has 1 aliphatic heterocycles. The van der Waals surface area contributed by atoms with Crippen LogP contribution in [0.15, 0.2) is 53.5 Å². The average Bonchev–Trinajstić information content (AvgIpc) is 2.73. The Morgan fingerprint density at radius 3 is 2.64 bits per heavy atom. The van der Waals surface area contributed by atoms with Crippen LogP contribution in [0.1, 0.15) is 18.4 Å². The van der Waals surface area contributed by atoms with Crippen molar-refractivity contribution >= 4 is 22.8 Å². The Morgan fingerprint density at radius 2 is 1.89 bits per heavy atom. The molecule has 0 saturated carbocycles. The summed E-state index contributed by atoms with van der Waals surface area (Å²) in [6.07, 6.45) is 3.43. The largest absolute Gasteiger partial charge is 0.422 e. The van der Waals surface area contributed by atoms with Crippen molar-refractivity contribution < 1.29 is 10.0 Å². The Labute approximate surface area is 161 Å². The second-order valence-corrected chi connectivity index (χ2v) is 6.89. The van der Waals surface area contributed by atoms with E-state index in [0.29, 0.717) is 35.4 Å². The summed E-state index contributed by atoms with van der Waals surface area (Å²) in [5.41, 5.74) is 0.408. The van der Waals surface area contributed by atoms with E-state index in [1.807, 2.05) is 35.2 Å². The average molecular weight is 379 g/mol. The third-order valence-corrected chi connectivity index (χ3v) is 5.02. The van der Waals surface area contributed by atoms with Gasteiger partial charge in [0, 0.05) is 25.3 Å². The van der Waals surface area contributed by atoms with Crippen molar-refractivity contribution in [2.24, 2.45) is 0 Å². The number of pyridine rings is 1. The normalized spacial score (nSPS) is 14.9. The van der Waals surface area contributed by atoms with Gasteiger partial charge in [0.1, 0.15) is 5.82 Å². The Balaban J connectivity index is 1.41. The van der Waals surface area contributed by atoms with Crippen molar-refractivity contribution in [2.45, 2.75) is 25.3 Å². The van der Waals surface area contributed by atoms with Crippen molar-refractivity contribution in [3.8, 4) is 0 Å². The second-order valence-electron chi connectivity index (χ2n) is 6.89. The molecule has 1 fully saturated rings. The van der Waals surface area contributed by atoms with Crippen LogP contribution < -0.4 is 11.0 Å². The van der Waals surface area contributed by atoms with Crippen LogP contribution in [0.25, 0.3) is 11.0 Å². The van der Waals surface area contributed by atoms with Gasteiger partial charge in [-0.05, 0) is 30.5 Å². The molecule has 2 N–H and O–H groups in total. The van der Waals surface area contributed by atoms with Gasteiger partial charge in [-0.15, -0.1) is 4.73 Å². The van der Waals surface area contributed by atoms with Gasteiger partial charge < -0.3 is 15.4 Å². The molecule has 2 aromatic heterocycles. The van der Waals surface area contributed by atoms with Gasteiger partial charge in [-0.3, -0.25) is 4.79 Å². The highest BCUT2D eigenvalue weighted by molar-refractivity contribution is 5.86. The van der Waals surface area contributed by atoms with Crippen LogP contribution in [0.5, 0.6) is 0 Å². The zero-order valence-corrected chi connectivity index (χ0v) is 15.3. The van der Waals surface area contributed by atoms with Crippen molar-refractivity contribution in [1.29, 1.82) is 0 Å². The van der Waals surface area contributed by atoms with Crippen LogP contribution in [0, 0.1) is 0 Å². The minimum atomic E-state index is -0.774. The van der Waals surface area contributed by atoms with Crippen LogP contribution in [0.2, 0.25) is 0 Å². The highest BCUT2D eigenvalue weighted by Gasteiger charge is 2.24. The molecule has 0 atom stereocenters. The Hall–Kier alpha value is -3.42. The number of piperidine rings is 1. The van der Waals surface area contributed by atoms with E-state index in [1.54, 1.807) is 12.1 Å². The lowest BCUT2D eigenvalue weighted by molar-refractivity contribution is -0.131. The SMILES string of the molecule is O=C(Cc1ccccc1)N1CCC(Nc2nc(=O)n(O)c3ncccc23)CC1. The molecule has 0 spiro atoms. The lowest BCUT2D eigenvalue weighted by Crippen LogP contribution is -2.43. The molecular formula is C20H21N5O3. The summed E-state index contributed by atoms with van der Waals surface area (Å²) in [6, 6.07) is 13.3. The van der Waals surface area contributed by atoms with E-state index in [1.165, 1.54) is 6.20 Å². The van der Waals surface area contributed by atoms with Gasteiger partial charge in [-0.2, -0.15) is 4.98 Å². The number of amides is 1. The lowest BCUT2D eigenvalue weighted by atomic mass is 10.0. The maximum absolute atomic E-state index is 12.5. The van der Waals surface area contributed by atoms with Gasteiger partial charge in [0.05, 0.1) is 11.8 Å². The predicted molar refractivity (Wildman–Crippen MR) is 104 cm³/mol. The molecule has 8 nitrogen and oxygen atoms in total. The van der Waals surface area contributed by atoms with Crippen molar-refractivity contribution in [2.75, 3.05) is 18.4 Å². The Kier molecular flexibility index (Phi) is 4.92. The molecule has 144 valence electrons. The topological polar surface area (TPSA) is 100 Å². The molecule has 28 heavy (non-hydrogen) atoms. The van der Waals surface area contributed by atoms with Crippen molar-refractivity contribution in [3.63, 3.8) is 0 Å². The van der Waals surface area contributed by atoms with Crippen molar-refractivity contribution in [3.05, 3.63) is 64.7 Å². The highest BCUT2D eigenvalue weighted by atomic mass is 16.5. The van der Waals surface area contributed by atoms with Gasteiger partial charge in [0.15, 0.2) is 5.65 Å². The number of carbonyl (C=O) groups excluding carboxylic acids is 1. The minimum Gasteiger partial charge on any atom is -0.422 e. The van der Waals surface area contributed by atoms with Crippen LogP contribution in [-0.2, 0) is 11.2 Å². The fourth-order valence-corrected chi connectivity index (χ4v) is 3.50. The second kappa shape index (κ2) is 7.67. The zero-order valence-electron chi connectivity index (χ0n) is 15.3. The number of hydrogen-bond donors (Lipinski definition) is 2. The van der Waals surface area contributed by atoms with Gasteiger partial charge in [0.25, 0.3) is 0 Å². The first-order chi connectivity index (χ1) is 13.6. The molecule has 1 aliphatic rings. The standard InChI is InChI=1S/C20H21N5O3/c26-17(13-14-5-2-1-3-6-14)24-11-8-15(9-12-24)22-18-16-7-4-10-21-19(16)25(28)20(27)23-18/h1-7,10,15,28H,8-9,11-13H2,(H,22,23,27). The number of anilines is 1. The predicted octanol–water partition coefficient (Wildman–Crippen LogP) is 1.67. The monoisotopic (exact) mass is 379 g/mol. The summed E-state index contributed by atoms with van der Waals surface area (Å²) in [6.45, 7) is 1.30. The Bertz CT molecular complexity index is 1040. The first-order valence-corrected chi connectivity index (χ1v) is 9.27. The molecule has 0 radical (unpaired) electrons. The number of nitrogens with one attached hydrogen (secondary N) is 1. The molecule has 8 heteroatoms. The van der Waals surface area contributed by atoms with Crippen molar-refractivity contribution in [1.82, 2.24) is 19.6 Å². The molecule has 3 aromatic rings. The van der Waals surface area contributed by atoms with E-state index in [9.17, 15) is 14.8 Å². The molecule has 1 aromatic carbocycles. The van der Waals surface area contributed by atoms with Crippen LogP contribution in [0.4, 0.5) is 5.82 Å². The third kappa shape index (κ3) is 3.66. The summed E-state index contributed by atoms with van der Waals surface area (Å²) in [5, 5.41) is 13.7.